The topological polar surface area (TPSA) is 62.1 Å². The van der Waals surface area contributed by atoms with Gasteiger partial charge in [0, 0.05) is 0 Å². The fraction of sp³-hybridized carbons (Fsp3) is 0.0588. The highest BCUT2D eigenvalue weighted by atomic mass is 35.5. The van der Waals surface area contributed by atoms with Gasteiger partial charge in [-0.1, -0.05) is 52.5 Å². The lowest BCUT2D eigenvalue weighted by Gasteiger charge is -2.09. The van der Waals surface area contributed by atoms with Crippen molar-refractivity contribution in [3.63, 3.8) is 0 Å². The fourth-order valence-corrected chi connectivity index (χ4v) is 3.12. The predicted molar refractivity (Wildman–Crippen MR) is 102 cm³/mol. The largest absolute Gasteiger partial charge is 0.494 e. The van der Waals surface area contributed by atoms with Gasteiger partial charge in [-0.25, -0.2) is 0 Å². The first-order chi connectivity index (χ1) is 11.9. The number of hydrogen-bond acceptors (Lipinski definition) is 3. The number of methoxy groups -OCH3 is 1. The summed E-state index contributed by atoms with van der Waals surface area (Å²) in [6.07, 6.45) is 1.34. The third-order valence-corrected chi connectivity index (χ3v) is 4.29. The molecule has 0 aliphatic heterocycles. The molecule has 0 saturated carbocycles. The average molecular weight is 416 g/mol. The monoisotopic (exact) mass is 414 g/mol. The number of halogens is 4. The van der Waals surface area contributed by atoms with Gasteiger partial charge < -0.3 is 10.1 Å². The normalized spacial score (nSPS) is 11.0. The summed E-state index contributed by atoms with van der Waals surface area (Å²) >= 11 is 24.1. The number of para-hydroxylation sites is 1. The molecule has 0 bridgehead atoms. The summed E-state index contributed by atoms with van der Waals surface area (Å²) in [5.41, 5.74) is 0.517. The van der Waals surface area contributed by atoms with Gasteiger partial charge in [0.1, 0.15) is 11.6 Å². The van der Waals surface area contributed by atoms with E-state index in [1.807, 2.05) is 6.07 Å². The lowest BCUT2D eigenvalue weighted by molar-refractivity contribution is -0.112. The number of ether oxygens (including phenoxy) is 1. The summed E-state index contributed by atoms with van der Waals surface area (Å²) in [5, 5.41) is 12.8. The molecule has 25 heavy (non-hydrogen) atoms. The number of carbonyl (C=O) groups excluding carboxylic acids is 1. The van der Waals surface area contributed by atoms with E-state index in [2.05, 4.69) is 5.32 Å². The Morgan fingerprint density at radius 3 is 2.16 bits per heavy atom. The summed E-state index contributed by atoms with van der Waals surface area (Å²) in [5.74, 6) is -0.355. The van der Waals surface area contributed by atoms with Crippen molar-refractivity contribution in [2.45, 2.75) is 0 Å². The van der Waals surface area contributed by atoms with Crippen LogP contribution in [0.15, 0.2) is 35.9 Å². The van der Waals surface area contributed by atoms with Crippen LogP contribution in [0.3, 0.4) is 0 Å². The van der Waals surface area contributed by atoms with E-state index >= 15 is 0 Å². The van der Waals surface area contributed by atoms with Gasteiger partial charge in [0.05, 0.1) is 32.9 Å². The second-order valence-corrected chi connectivity index (χ2v) is 6.37. The summed E-state index contributed by atoms with van der Waals surface area (Å²) < 4.78 is 5.06. The Bertz CT molecular complexity index is 861. The van der Waals surface area contributed by atoms with Gasteiger partial charge in [-0.3, -0.25) is 4.79 Å². The molecule has 1 N–H and O–H groups in total. The smallest absolute Gasteiger partial charge is 0.266 e. The van der Waals surface area contributed by atoms with E-state index in [-0.39, 0.29) is 31.4 Å². The van der Waals surface area contributed by atoms with Crippen LogP contribution in [0.4, 0.5) is 5.69 Å². The van der Waals surface area contributed by atoms with E-state index in [4.69, 9.17) is 51.1 Å². The van der Waals surface area contributed by atoms with Crippen molar-refractivity contribution in [2.24, 2.45) is 0 Å². The highest BCUT2D eigenvalue weighted by Crippen LogP contribution is 2.34. The molecule has 1 amide bonds. The molecule has 8 heteroatoms. The average Bonchev–Trinajstić information content (AvgIpc) is 2.55. The van der Waals surface area contributed by atoms with E-state index in [0.717, 1.165) is 0 Å². The number of benzene rings is 2. The Morgan fingerprint density at radius 2 is 1.68 bits per heavy atom. The molecule has 0 aliphatic carbocycles. The molecule has 0 radical (unpaired) electrons. The second-order valence-electron chi connectivity index (χ2n) is 4.74. The zero-order valence-corrected chi connectivity index (χ0v) is 15.8. The zero-order chi connectivity index (χ0) is 18.6. The molecule has 2 aromatic rings. The number of amides is 1. The summed E-state index contributed by atoms with van der Waals surface area (Å²) in [6.45, 7) is 0. The van der Waals surface area contributed by atoms with Crippen LogP contribution in [0, 0.1) is 11.3 Å². The third kappa shape index (κ3) is 4.59. The highest BCUT2D eigenvalue weighted by molar-refractivity contribution is 6.40. The molecule has 2 rings (SSSR count). The molecule has 0 unspecified atom stereocenters. The van der Waals surface area contributed by atoms with Gasteiger partial charge >= 0.3 is 0 Å². The number of carbonyl (C=O) groups is 1. The number of hydrogen-bond donors (Lipinski definition) is 1. The van der Waals surface area contributed by atoms with Crippen LogP contribution < -0.4 is 10.1 Å². The van der Waals surface area contributed by atoms with Gasteiger partial charge in [-0.2, -0.15) is 5.26 Å². The van der Waals surface area contributed by atoms with E-state index < -0.39 is 5.91 Å². The van der Waals surface area contributed by atoms with Gasteiger partial charge in [0.25, 0.3) is 5.91 Å². The molecule has 0 fully saturated rings. The molecular weight excluding hydrogens is 406 g/mol. The van der Waals surface area contributed by atoms with Crippen molar-refractivity contribution in [1.29, 1.82) is 5.26 Å². The van der Waals surface area contributed by atoms with Crippen LogP contribution >= 0.6 is 46.4 Å². The molecule has 0 aliphatic rings. The van der Waals surface area contributed by atoms with Crippen LogP contribution in [0.1, 0.15) is 5.56 Å². The Hall–Kier alpha value is -1.90. The first kappa shape index (κ1) is 19.4. The zero-order valence-electron chi connectivity index (χ0n) is 12.7. The van der Waals surface area contributed by atoms with Crippen molar-refractivity contribution in [1.82, 2.24) is 0 Å². The number of rotatable bonds is 4. The first-order valence-corrected chi connectivity index (χ1v) is 8.28. The van der Waals surface area contributed by atoms with Crippen molar-refractivity contribution in [2.75, 3.05) is 12.4 Å². The van der Waals surface area contributed by atoms with Crippen molar-refractivity contribution >= 4 is 64.1 Å². The first-order valence-electron chi connectivity index (χ1n) is 6.77. The maximum Gasteiger partial charge on any atom is 0.266 e. The molecule has 2 aromatic carbocycles. The van der Waals surface area contributed by atoms with Crippen LogP contribution in [-0.2, 0) is 4.79 Å². The molecule has 128 valence electrons. The second kappa shape index (κ2) is 8.46. The lowest BCUT2D eigenvalue weighted by Crippen LogP contribution is -2.14. The lowest BCUT2D eigenvalue weighted by atomic mass is 10.1. The summed E-state index contributed by atoms with van der Waals surface area (Å²) in [7, 11) is 1.43. The number of nitrogens with zero attached hydrogens (tertiary/aromatic N) is 1. The van der Waals surface area contributed by atoms with Gasteiger partial charge in [-0.15, -0.1) is 0 Å². The number of nitriles is 1. The Balaban J connectivity index is 2.35. The van der Waals surface area contributed by atoms with Crippen LogP contribution in [0.5, 0.6) is 5.75 Å². The van der Waals surface area contributed by atoms with Gasteiger partial charge in [-0.05, 0) is 35.9 Å². The molecular formula is C17H10Cl4N2O2. The standard InChI is InChI=1S/C17H10Cl4N2O2/c1-25-16-13(20)6-9(7-14(16)21)5-10(8-22)17(24)23-15-11(18)3-2-4-12(15)19/h2-7H,1H3,(H,23,24)/b10-5+. The van der Waals surface area contributed by atoms with E-state index in [1.165, 1.54) is 25.3 Å². The molecule has 0 heterocycles. The van der Waals surface area contributed by atoms with Crippen molar-refractivity contribution in [3.8, 4) is 11.8 Å². The van der Waals surface area contributed by atoms with E-state index in [1.54, 1.807) is 18.2 Å². The van der Waals surface area contributed by atoms with Gasteiger partial charge in [0.15, 0.2) is 5.75 Å². The minimum atomic E-state index is -0.666. The minimum absolute atomic E-state index is 0.173. The van der Waals surface area contributed by atoms with Gasteiger partial charge in [0.2, 0.25) is 0 Å². The van der Waals surface area contributed by atoms with Crippen molar-refractivity contribution in [3.05, 3.63) is 61.6 Å². The van der Waals surface area contributed by atoms with E-state index in [0.29, 0.717) is 11.3 Å². The predicted octanol–water partition coefficient (Wildman–Crippen LogP) is 5.85. The van der Waals surface area contributed by atoms with E-state index in [9.17, 15) is 10.1 Å². The molecule has 0 spiro atoms. The number of nitrogens with one attached hydrogen (secondary N) is 1. The van der Waals surface area contributed by atoms with Crippen molar-refractivity contribution < 1.29 is 9.53 Å². The Labute approximate surface area is 164 Å². The summed E-state index contributed by atoms with van der Waals surface area (Å²) in [4.78, 5) is 12.3. The van der Waals surface area contributed by atoms with Crippen LogP contribution in [-0.4, -0.2) is 13.0 Å². The maximum atomic E-state index is 12.3. The Kier molecular flexibility index (Phi) is 6.57. The maximum absolute atomic E-state index is 12.3. The highest BCUT2D eigenvalue weighted by Gasteiger charge is 2.15. The third-order valence-electron chi connectivity index (χ3n) is 3.10. The quantitative estimate of drug-likeness (QED) is 0.502. The van der Waals surface area contributed by atoms with Crippen LogP contribution in [0.25, 0.3) is 6.08 Å². The molecule has 0 aromatic heterocycles. The minimum Gasteiger partial charge on any atom is -0.494 e. The number of anilines is 1. The molecule has 0 atom stereocenters. The molecule has 4 nitrogen and oxygen atoms in total. The van der Waals surface area contributed by atoms with Crippen LogP contribution in [0.2, 0.25) is 20.1 Å². The Morgan fingerprint density at radius 1 is 1.12 bits per heavy atom. The fourth-order valence-electron chi connectivity index (χ4n) is 1.97. The SMILES string of the molecule is COc1c(Cl)cc(/C=C(\C#N)C(=O)Nc2c(Cl)cccc2Cl)cc1Cl. The molecule has 0 saturated heterocycles. The summed E-state index contributed by atoms with van der Waals surface area (Å²) in [6, 6.07) is 9.66.